The highest BCUT2D eigenvalue weighted by Crippen LogP contribution is 2.27. The molecule has 0 amide bonds. The number of halogens is 3. The van der Waals surface area contributed by atoms with Crippen LogP contribution in [0.25, 0.3) is 0 Å². The molecule has 0 saturated heterocycles. The molecule has 112 valence electrons. The van der Waals surface area contributed by atoms with Crippen molar-refractivity contribution in [2.45, 2.75) is 26.3 Å². The summed E-state index contributed by atoms with van der Waals surface area (Å²) in [4.78, 5) is 0. The summed E-state index contributed by atoms with van der Waals surface area (Å²) in [5.41, 5.74) is 3.14. The Kier molecular flexibility index (Phi) is 5.63. The first-order chi connectivity index (χ1) is 10.0. The second-order valence-electron chi connectivity index (χ2n) is 5.06. The first-order valence-corrected chi connectivity index (χ1v) is 7.70. The second kappa shape index (κ2) is 7.26. The van der Waals surface area contributed by atoms with Crippen LogP contribution in [0.15, 0.2) is 36.4 Å². The van der Waals surface area contributed by atoms with Gasteiger partial charge in [-0.25, -0.2) is 4.39 Å². The number of aryl methyl sites for hydroxylation is 1. The first-order valence-electron chi connectivity index (χ1n) is 6.94. The van der Waals surface area contributed by atoms with Gasteiger partial charge in [-0.2, -0.15) is 0 Å². The average Bonchev–Trinajstić information content (AvgIpc) is 2.42. The molecule has 21 heavy (non-hydrogen) atoms. The lowest BCUT2D eigenvalue weighted by atomic mass is 9.95. The predicted molar refractivity (Wildman–Crippen MR) is 87.7 cm³/mol. The lowest BCUT2D eigenvalue weighted by Crippen LogP contribution is -2.23. The first kappa shape index (κ1) is 16.3. The van der Waals surface area contributed by atoms with E-state index < -0.39 is 0 Å². The summed E-state index contributed by atoms with van der Waals surface area (Å²) in [6.45, 7) is 4.82. The summed E-state index contributed by atoms with van der Waals surface area (Å²) in [7, 11) is 0. The molecular weight excluding hydrogens is 308 g/mol. The van der Waals surface area contributed by atoms with Gasteiger partial charge in [0.05, 0.1) is 10.0 Å². The molecule has 0 bridgehead atoms. The van der Waals surface area contributed by atoms with Crippen molar-refractivity contribution in [1.29, 1.82) is 0 Å². The minimum Gasteiger partial charge on any atom is -0.310 e. The minimum absolute atomic E-state index is 0.118. The summed E-state index contributed by atoms with van der Waals surface area (Å²) in [5, 5.41) is 4.55. The Hall–Kier alpha value is -1.09. The molecule has 0 aliphatic heterocycles. The van der Waals surface area contributed by atoms with Gasteiger partial charge in [-0.3, -0.25) is 0 Å². The maximum Gasteiger partial charge on any atom is 0.123 e. The van der Waals surface area contributed by atoms with Crippen LogP contribution in [-0.4, -0.2) is 6.54 Å². The van der Waals surface area contributed by atoms with Gasteiger partial charge >= 0.3 is 0 Å². The number of hydrogen-bond donors (Lipinski definition) is 1. The van der Waals surface area contributed by atoms with Gasteiger partial charge < -0.3 is 5.32 Å². The molecule has 0 saturated carbocycles. The number of hydrogen-bond acceptors (Lipinski definition) is 1. The molecule has 2 aromatic carbocycles. The van der Waals surface area contributed by atoms with E-state index in [0.29, 0.717) is 10.0 Å². The van der Waals surface area contributed by atoms with Gasteiger partial charge in [-0.1, -0.05) is 42.3 Å². The molecule has 0 aliphatic rings. The van der Waals surface area contributed by atoms with Crippen molar-refractivity contribution in [3.8, 4) is 0 Å². The minimum atomic E-state index is -0.207. The third-order valence-corrected chi connectivity index (χ3v) is 4.22. The largest absolute Gasteiger partial charge is 0.310 e. The fraction of sp³-hybridized carbons (Fsp3) is 0.294. The van der Waals surface area contributed by atoms with Gasteiger partial charge in [0.1, 0.15) is 5.82 Å². The summed E-state index contributed by atoms with van der Waals surface area (Å²) in [6.07, 6.45) is 0.775. The van der Waals surface area contributed by atoms with E-state index in [4.69, 9.17) is 23.2 Å². The van der Waals surface area contributed by atoms with Crippen LogP contribution < -0.4 is 5.32 Å². The van der Waals surface area contributed by atoms with Crippen LogP contribution in [0.1, 0.15) is 29.7 Å². The number of rotatable bonds is 5. The highest BCUT2D eigenvalue weighted by molar-refractivity contribution is 6.42. The summed E-state index contributed by atoms with van der Waals surface area (Å²) in [5.74, 6) is -0.207. The van der Waals surface area contributed by atoms with Crippen LogP contribution in [0.2, 0.25) is 10.0 Å². The third-order valence-electron chi connectivity index (χ3n) is 3.48. The van der Waals surface area contributed by atoms with E-state index in [1.165, 1.54) is 6.07 Å². The van der Waals surface area contributed by atoms with Crippen LogP contribution in [0.3, 0.4) is 0 Å². The fourth-order valence-electron chi connectivity index (χ4n) is 2.47. The Labute approximate surface area is 135 Å². The van der Waals surface area contributed by atoms with Crippen molar-refractivity contribution in [2.24, 2.45) is 0 Å². The summed E-state index contributed by atoms with van der Waals surface area (Å²) >= 11 is 12.0. The van der Waals surface area contributed by atoms with Crippen molar-refractivity contribution in [3.63, 3.8) is 0 Å². The highest BCUT2D eigenvalue weighted by atomic mass is 35.5. The number of nitrogens with one attached hydrogen (secondary N) is 1. The zero-order valence-electron chi connectivity index (χ0n) is 12.1. The van der Waals surface area contributed by atoms with Crippen LogP contribution >= 0.6 is 23.2 Å². The molecule has 1 unspecified atom stereocenters. The molecule has 1 N–H and O–H groups in total. The summed E-state index contributed by atoms with van der Waals surface area (Å²) in [6, 6.07) is 10.7. The van der Waals surface area contributed by atoms with Gasteiger partial charge in [-0.15, -0.1) is 0 Å². The monoisotopic (exact) mass is 325 g/mol. The smallest absolute Gasteiger partial charge is 0.123 e. The topological polar surface area (TPSA) is 12.0 Å². The molecule has 0 aromatic heterocycles. The van der Waals surface area contributed by atoms with Gasteiger partial charge in [-0.05, 0) is 60.8 Å². The molecule has 1 atom stereocenters. The SMILES string of the molecule is CCNC(Cc1ccc(Cl)c(Cl)c1)c1ccc(F)cc1C. The summed E-state index contributed by atoms with van der Waals surface area (Å²) < 4.78 is 13.3. The molecular formula is C17H18Cl2FN. The van der Waals surface area contributed by atoms with Gasteiger partial charge in [0.25, 0.3) is 0 Å². The molecule has 2 rings (SSSR count). The average molecular weight is 326 g/mol. The number of benzene rings is 2. The Balaban J connectivity index is 2.28. The molecule has 0 heterocycles. The molecule has 4 heteroatoms. The molecule has 1 nitrogen and oxygen atoms in total. The van der Waals surface area contributed by atoms with E-state index in [0.717, 1.165) is 29.7 Å². The van der Waals surface area contributed by atoms with Crippen LogP contribution in [0.5, 0.6) is 0 Å². The lowest BCUT2D eigenvalue weighted by Gasteiger charge is -2.21. The standard InChI is InChI=1S/C17H18Cl2FN/c1-3-21-17(14-6-5-13(20)8-11(14)2)10-12-4-7-15(18)16(19)9-12/h4-9,17,21H,3,10H2,1-2H3. The van der Waals surface area contributed by atoms with Crippen LogP contribution in [0.4, 0.5) is 4.39 Å². The van der Waals surface area contributed by atoms with Gasteiger partial charge in [0.15, 0.2) is 0 Å². The van der Waals surface area contributed by atoms with Crippen molar-refractivity contribution < 1.29 is 4.39 Å². The van der Waals surface area contributed by atoms with Gasteiger partial charge in [0, 0.05) is 6.04 Å². The Morgan fingerprint density at radius 3 is 2.48 bits per heavy atom. The van der Waals surface area contributed by atoms with Crippen molar-refractivity contribution >= 4 is 23.2 Å². The third kappa shape index (κ3) is 4.19. The van der Waals surface area contributed by atoms with Gasteiger partial charge in [0.2, 0.25) is 0 Å². The Bertz CT molecular complexity index is 628. The van der Waals surface area contributed by atoms with Crippen LogP contribution in [0, 0.1) is 12.7 Å². The van der Waals surface area contributed by atoms with E-state index in [2.05, 4.69) is 12.2 Å². The molecule has 2 aromatic rings. The van der Waals surface area contributed by atoms with E-state index in [1.54, 1.807) is 12.1 Å². The van der Waals surface area contributed by atoms with Crippen molar-refractivity contribution in [1.82, 2.24) is 5.32 Å². The Morgan fingerprint density at radius 1 is 1.10 bits per heavy atom. The molecule has 0 aliphatic carbocycles. The fourth-order valence-corrected chi connectivity index (χ4v) is 2.79. The van der Waals surface area contributed by atoms with Crippen molar-refractivity contribution in [2.75, 3.05) is 6.54 Å². The Morgan fingerprint density at radius 2 is 1.86 bits per heavy atom. The second-order valence-corrected chi connectivity index (χ2v) is 5.88. The quantitative estimate of drug-likeness (QED) is 0.782. The maximum atomic E-state index is 13.3. The number of likely N-dealkylation sites (N-methyl/N-ethyl adjacent to an activating group) is 1. The zero-order chi connectivity index (χ0) is 15.4. The lowest BCUT2D eigenvalue weighted by molar-refractivity contribution is 0.544. The molecule has 0 fully saturated rings. The predicted octanol–water partition coefficient (Wildman–Crippen LogP) is 5.33. The molecule has 0 radical (unpaired) electrons. The van der Waals surface area contributed by atoms with E-state index in [-0.39, 0.29) is 11.9 Å². The van der Waals surface area contributed by atoms with E-state index >= 15 is 0 Å². The molecule has 0 spiro atoms. The van der Waals surface area contributed by atoms with Crippen molar-refractivity contribution in [3.05, 3.63) is 69.0 Å². The van der Waals surface area contributed by atoms with E-state index in [9.17, 15) is 4.39 Å². The zero-order valence-corrected chi connectivity index (χ0v) is 13.6. The maximum absolute atomic E-state index is 13.3. The highest BCUT2D eigenvalue weighted by Gasteiger charge is 2.14. The van der Waals surface area contributed by atoms with Crippen LogP contribution in [-0.2, 0) is 6.42 Å². The van der Waals surface area contributed by atoms with E-state index in [1.807, 2.05) is 25.1 Å². The normalized spacial score (nSPS) is 12.4.